The third-order valence-electron chi connectivity index (χ3n) is 3.25. The average molecular weight is 213 g/mol. The van der Waals surface area contributed by atoms with Crippen molar-refractivity contribution in [2.45, 2.75) is 24.9 Å². The van der Waals surface area contributed by atoms with E-state index in [0.29, 0.717) is 0 Å². The van der Waals surface area contributed by atoms with Crippen molar-refractivity contribution >= 4 is 0 Å². The third-order valence-corrected chi connectivity index (χ3v) is 3.25. The number of rotatable bonds is 4. The van der Waals surface area contributed by atoms with Crippen LogP contribution in [-0.2, 0) is 12.1 Å². The van der Waals surface area contributed by atoms with Crippen LogP contribution < -0.4 is 5.32 Å². The minimum atomic E-state index is 0.215. The van der Waals surface area contributed by atoms with E-state index in [1.807, 2.05) is 6.07 Å². The Morgan fingerprint density at radius 1 is 1.19 bits per heavy atom. The van der Waals surface area contributed by atoms with Gasteiger partial charge in [0, 0.05) is 24.0 Å². The quantitative estimate of drug-likeness (QED) is 0.817. The Balaban J connectivity index is 1.71. The zero-order valence-corrected chi connectivity index (χ0v) is 9.11. The number of nitrogens with one attached hydrogen (secondary N) is 2. The van der Waals surface area contributed by atoms with Crippen molar-refractivity contribution in [3.8, 4) is 0 Å². The molecule has 1 fully saturated rings. The highest BCUT2D eigenvalue weighted by Crippen LogP contribution is 2.45. The van der Waals surface area contributed by atoms with Crippen molar-refractivity contribution in [1.29, 1.82) is 0 Å². The second-order valence-corrected chi connectivity index (χ2v) is 4.38. The van der Waals surface area contributed by atoms with Gasteiger partial charge >= 0.3 is 0 Å². The fourth-order valence-electron chi connectivity index (χ4n) is 2.10. The molecule has 3 rings (SSSR count). The predicted octanol–water partition coefficient (Wildman–Crippen LogP) is 2.19. The molecule has 0 radical (unpaired) electrons. The van der Waals surface area contributed by atoms with Crippen LogP contribution in [0.15, 0.2) is 42.6 Å². The Morgan fingerprint density at radius 3 is 2.62 bits per heavy atom. The summed E-state index contributed by atoms with van der Waals surface area (Å²) in [5, 5.41) is 10.5. The molecule has 1 aromatic carbocycles. The molecule has 3 heteroatoms. The van der Waals surface area contributed by atoms with Gasteiger partial charge in [-0.1, -0.05) is 30.3 Å². The maximum absolute atomic E-state index is 3.95. The second-order valence-electron chi connectivity index (χ2n) is 4.38. The summed E-state index contributed by atoms with van der Waals surface area (Å²) < 4.78 is 0. The van der Waals surface area contributed by atoms with Crippen molar-refractivity contribution in [2.75, 3.05) is 0 Å². The zero-order valence-electron chi connectivity index (χ0n) is 9.11. The molecule has 2 aromatic rings. The number of H-pyrrole nitrogens is 1. The smallest absolute Gasteiger partial charge is 0.0490 e. The first-order valence-corrected chi connectivity index (χ1v) is 5.68. The highest BCUT2D eigenvalue weighted by atomic mass is 15.1. The molecule has 16 heavy (non-hydrogen) atoms. The van der Waals surface area contributed by atoms with E-state index in [1.54, 1.807) is 6.20 Å². The lowest BCUT2D eigenvalue weighted by Crippen LogP contribution is -2.28. The Hall–Kier alpha value is -1.61. The Kier molecular flexibility index (Phi) is 2.26. The van der Waals surface area contributed by atoms with E-state index in [0.717, 1.165) is 12.2 Å². The summed E-state index contributed by atoms with van der Waals surface area (Å²) in [6, 6.07) is 12.7. The van der Waals surface area contributed by atoms with Gasteiger partial charge in [0.25, 0.3) is 0 Å². The molecule has 82 valence electrons. The first kappa shape index (κ1) is 9.60. The third kappa shape index (κ3) is 1.74. The first-order valence-electron chi connectivity index (χ1n) is 5.68. The maximum atomic E-state index is 3.95. The Morgan fingerprint density at radius 2 is 2.00 bits per heavy atom. The zero-order chi connectivity index (χ0) is 10.8. The van der Waals surface area contributed by atoms with E-state index in [-0.39, 0.29) is 5.54 Å². The van der Waals surface area contributed by atoms with Crippen LogP contribution in [0.2, 0.25) is 0 Å². The number of nitrogens with zero attached hydrogens (tertiary/aromatic N) is 1. The van der Waals surface area contributed by atoms with Gasteiger partial charge in [-0.25, -0.2) is 0 Å². The lowest BCUT2D eigenvalue weighted by atomic mass is 10.1. The van der Waals surface area contributed by atoms with Crippen LogP contribution in [0.25, 0.3) is 0 Å². The fourth-order valence-corrected chi connectivity index (χ4v) is 2.10. The number of hydrogen-bond acceptors (Lipinski definition) is 2. The SMILES string of the molecule is c1ccc(C2(NCc3ccn[nH]3)CC2)cc1. The van der Waals surface area contributed by atoms with Gasteiger partial charge < -0.3 is 5.32 Å². The molecule has 0 bridgehead atoms. The summed E-state index contributed by atoms with van der Waals surface area (Å²) in [4.78, 5) is 0. The molecule has 1 aliphatic rings. The van der Waals surface area contributed by atoms with Crippen LogP contribution in [0.1, 0.15) is 24.1 Å². The molecule has 0 unspecified atom stereocenters. The van der Waals surface area contributed by atoms with E-state index >= 15 is 0 Å². The van der Waals surface area contributed by atoms with Gasteiger partial charge in [-0.2, -0.15) is 5.10 Å². The van der Waals surface area contributed by atoms with E-state index in [9.17, 15) is 0 Å². The van der Waals surface area contributed by atoms with E-state index < -0.39 is 0 Å². The highest BCUT2D eigenvalue weighted by molar-refractivity contribution is 5.30. The molecular formula is C13H15N3. The van der Waals surface area contributed by atoms with E-state index in [2.05, 4.69) is 45.8 Å². The minimum Gasteiger partial charge on any atom is -0.302 e. The molecule has 1 saturated carbocycles. The van der Waals surface area contributed by atoms with Crippen LogP contribution in [0.4, 0.5) is 0 Å². The fraction of sp³-hybridized carbons (Fsp3) is 0.308. The highest BCUT2D eigenvalue weighted by Gasteiger charge is 2.43. The maximum Gasteiger partial charge on any atom is 0.0490 e. The Bertz CT molecular complexity index is 443. The summed E-state index contributed by atoms with van der Waals surface area (Å²) >= 11 is 0. The molecule has 0 amide bonds. The summed E-state index contributed by atoms with van der Waals surface area (Å²) in [6.45, 7) is 0.856. The minimum absolute atomic E-state index is 0.215. The van der Waals surface area contributed by atoms with Crippen molar-refractivity contribution in [3.05, 3.63) is 53.9 Å². The average Bonchev–Trinajstić information content (AvgIpc) is 2.96. The van der Waals surface area contributed by atoms with Crippen molar-refractivity contribution in [3.63, 3.8) is 0 Å². The molecule has 1 aromatic heterocycles. The van der Waals surface area contributed by atoms with Crippen LogP contribution in [-0.4, -0.2) is 10.2 Å². The lowest BCUT2D eigenvalue weighted by Gasteiger charge is -2.17. The van der Waals surface area contributed by atoms with Gasteiger partial charge in [0.2, 0.25) is 0 Å². The van der Waals surface area contributed by atoms with Crippen LogP contribution in [0.3, 0.4) is 0 Å². The van der Waals surface area contributed by atoms with E-state index in [4.69, 9.17) is 0 Å². The molecule has 0 aliphatic heterocycles. The molecule has 1 aliphatic carbocycles. The number of aromatic amines is 1. The van der Waals surface area contributed by atoms with Crippen molar-refractivity contribution in [2.24, 2.45) is 0 Å². The lowest BCUT2D eigenvalue weighted by molar-refractivity contribution is 0.513. The van der Waals surface area contributed by atoms with Gasteiger partial charge in [-0.15, -0.1) is 0 Å². The molecule has 2 N–H and O–H groups in total. The summed E-state index contributed by atoms with van der Waals surface area (Å²) in [6.07, 6.45) is 4.25. The molecule has 0 saturated heterocycles. The van der Waals surface area contributed by atoms with Crippen LogP contribution >= 0.6 is 0 Å². The van der Waals surface area contributed by atoms with Crippen LogP contribution in [0.5, 0.6) is 0 Å². The molecule has 0 spiro atoms. The Labute approximate surface area is 94.9 Å². The van der Waals surface area contributed by atoms with Crippen molar-refractivity contribution < 1.29 is 0 Å². The van der Waals surface area contributed by atoms with Gasteiger partial charge in [0.1, 0.15) is 0 Å². The molecular weight excluding hydrogens is 198 g/mol. The van der Waals surface area contributed by atoms with Crippen molar-refractivity contribution in [1.82, 2.24) is 15.5 Å². The van der Waals surface area contributed by atoms with Gasteiger partial charge in [-0.05, 0) is 24.5 Å². The number of hydrogen-bond donors (Lipinski definition) is 2. The predicted molar refractivity (Wildman–Crippen MR) is 62.8 cm³/mol. The first-order chi connectivity index (χ1) is 7.89. The standard InChI is InChI=1S/C13H15N3/c1-2-4-11(5-3-1)13(7-8-13)14-10-12-6-9-15-16-12/h1-6,9,14H,7-8,10H2,(H,15,16). The van der Waals surface area contributed by atoms with Gasteiger partial charge in [0.05, 0.1) is 0 Å². The monoisotopic (exact) mass is 213 g/mol. The number of benzene rings is 1. The van der Waals surface area contributed by atoms with Crippen LogP contribution in [0, 0.1) is 0 Å². The largest absolute Gasteiger partial charge is 0.302 e. The normalized spacial score (nSPS) is 17.2. The van der Waals surface area contributed by atoms with Gasteiger partial charge in [-0.3, -0.25) is 5.10 Å². The van der Waals surface area contributed by atoms with Gasteiger partial charge in [0.15, 0.2) is 0 Å². The summed E-state index contributed by atoms with van der Waals surface area (Å²) in [5.74, 6) is 0. The summed E-state index contributed by atoms with van der Waals surface area (Å²) in [5.41, 5.74) is 2.75. The van der Waals surface area contributed by atoms with E-state index in [1.165, 1.54) is 18.4 Å². The second kappa shape index (κ2) is 3.76. The summed E-state index contributed by atoms with van der Waals surface area (Å²) in [7, 11) is 0. The topological polar surface area (TPSA) is 40.7 Å². The molecule has 0 atom stereocenters. The number of aromatic nitrogens is 2. The molecule has 3 nitrogen and oxygen atoms in total. The molecule has 1 heterocycles.